The molecule has 0 atom stereocenters. The Kier molecular flexibility index (Phi) is 5.10. The summed E-state index contributed by atoms with van der Waals surface area (Å²) in [4.78, 5) is 21.8. The third kappa shape index (κ3) is 4.29. The van der Waals surface area contributed by atoms with Crippen LogP contribution in [-0.2, 0) is 0 Å². The minimum atomic E-state index is -0.702. The van der Waals surface area contributed by atoms with Gasteiger partial charge in [0.2, 0.25) is 0 Å². The van der Waals surface area contributed by atoms with Crippen molar-refractivity contribution in [2.24, 2.45) is 5.10 Å². The van der Waals surface area contributed by atoms with E-state index in [1.54, 1.807) is 6.07 Å². The number of phenols is 1. The number of aryl methyl sites for hydroxylation is 2. The molecule has 0 aliphatic carbocycles. The predicted molar refractivity (Wildman–Crippen MR) is 90.4 cm³/mol. The number of anilines is 1. The van der Waals surface area contributed by atoms with Crippen molar-refractivity contribution in [3.05, 3.63) is 63.2 Å². The van der Waals surface area contributed by atoms with Crippen molar-refractivity contribution >= 4 is 23.6 Å². The van der Waals surface area contributed by atoms with Crippen LogP contribution in [0.25, 0.3) is 0 Å². The second-order valence-electron chi connectivity index (χ2n) is 5.13. The van der Waals surface area contributed by atoms with Crippen LogP contribution in [0.4, 0.5) is 16.2 Å². The van der Waals surface area contributed by atoms with Gasteiger partial charge in [-0.15, -0.1) is 0 Å². The third-order valence-corrected chi connectivity index (χ3v) is 3.34. The summed E-state index contributed by atoms with van der Waals surface area (Å²) < 4.78 is 0. The van der Waals surface area contributed by atoms with Gasteiger partial charge in [-0.05, 0) is 49.2 Å². The van der Waals surface area contributed by atoms with E-state index in [2.05, 4.69) is 15.8 Å². The summed E-state index contributed by atoms with van der Waals surface area (Å²) in [6.45, 7) is 3.91. The molecular formula is C16H16N4O4. The van der Waals surface area contributed by atoms with Crippen molar-refractivity contribution in [2.45, 2.75) is 13.8 Å². The molecule has 0 saturated carbocycles. The average Bonchev–Trinajstić information content (AvgIpc) is 2.52. The minimum absolute atomic E-state index is 0.367. The molecule has 0 bridgehead atoms. The first-order valence-electron chi connectivity index (χ1n) is 7.01. The number of carbonyl (C=O) groups is 1. The van der Waals surface area contributed by atoms with E-state index in [0.29, 0.717) is 11.3 Å². The number of benzene rings is 2. The molecule has 8 nitrogen and oxygen atoms in total. The lowest BCUT2D eigenvalue weighted by molar-refractivity contribution is -0.385. The van der Waals surface area contributed by atoms with Crippen LogP contribution < -0.4 is 10.7 Å². The van der Waals surface area contributed by atoms with Crippen LogP contribution in [0.2, 0.25) is 0 Å². The van der Waals surface area contributed by atoms with Crippen molar-refractivity contribution < 1.29 is 14.8 Å². The first-order chi connectivity index (χ1) is 11.4. The van der Waals surface area contributed by atoms with Crippen molar-refractivity contribution in [1.82, 2.24) is 5.43 Å². The Bertz CT molecular complexity index is 818. The Morgan fingerprint density at radius 1 is 1.21 bits per heavy atom. The van der Waals surface area contributed by atoms with Crippen LogP contribution >= 0.6 is 0 Å². The van der Waals surface area contributed by atoms with E-state index in [0.717, 1.165) is 17.2 Å². The topological polar surface area (TPSA) is 117 Å². The van der Waals surface area contributed by atoms with Crippen LogP contribution in [0.1, 0.15) is 16.7 Å². The molecule has 0 aliphatic rings. The van der Waals surface area contributed by atoms with Gasteiger partial charge in [0, 0.05) is 17.3 Å². The molecule has 2 rings (SSSR count). The monoisotopic (exact) mass is 328 g/mol. The van der Waals surface area contributed by atoms with E-state index >= 15 is 0 Å². The molecule has 2 amide bonds. The number of carbonyl (C=O) groups excluding carboxylic acids is 1. The molecule has 0 unspecified atom stereocenters. The van der Waals surface area contributed by atoms with E-state index in [1.165, 1.54) is 18.3 Å². The molecule has 0 aliphatic heterocycles. The summed E-state index contributed by atoms with van der Waals surface area (Å²) in [5.74, 6) is -0.433. The number of phenolic OH excluding ortho intramolecular Hbond substituents is 1. The van der Waals surface area contributed by atoms with E-state index in [-0.39, 0.29) is 0 Å². The highest BCUT2D eigenvalue weighted by atomic mass is 16.6. The summed E-state index contributed by atoms with van der Waals surface area (Å²) in [5, 5.41) is 26.4. The van der Waals surface area contributed by atoms with Gasteiger partial charge in [0.25, 0.3) is 0 Å². The number of hydrogen-bond donors (Lipinski definition) is 3. The molecule has 0 fully saturated rings. The van der Waals surface area contributed by atoms with Gasteiger partial charge in [0.1, 0.15) is 0 Å². The zero-order valence-electron chi connectivity index (χ0n) is 13.1. The second kappa shape index (κ2) is 7.23. The molecule has 0 aromatic heterocycles. The quantitative estimate of drug-likeness (QED) is 0.454. The Morgan fingerprint density at radius 3 is 2.62 bits per heavy atom. The fourth-order valence-corrected chi connectivity index (χ4v) is 1.91. The number of amides is 2. The maximum absolute atomic E-state index is 11.7. The summed E-state index contributed by atoms with van der Waals surface area (Å²) in [7, 11) is 0. The Labute approximate surface area is 138 Å². The molecule has 8 heteroatoms. The van der Waals surface area contributed by atoms with E-state index in [4.69, 9.17) is 0 Å². The van der Waals surface area contributed by atoms with Gasteiger partial charge in [-0.1, -0.05) is 6.07 Å². The largest absolute Gasteiger partial charge is 0.502 e. The highest BCUT2D eigenvalue weighted by Crippen LogP contribution is 2.25. The van der Waals surface area contributed by atoms with E-state index < -0.39 is 22.4 Å². The molecule has 2 aromatic rings. The van der Waals surface area contributed by atoms with Crippen molar-refractivity contribution in [3.63, 3.8) is 0 Å². The number of nitro benzene ring substituents is 1. The number of aromatic hydroxyl groups is 1. The van der Waals surface area contributed by atoms with Gasteiger partial charge in [-0.2, -0.15) is 5.10 Å². The van der Waals surface area contributed by atoms with Crippen molar-refractivity contribution in [1.29, 1.82) is 0 Å². The lowest BCUT2D eigenvalue weighted by Crippen LogP contribution is -2.24. The minimum Gasteiger partial charge on any atom is -0.502 e. The number of nitrogens with one attached hydrogen (secondary N) is 2. The molecule has 2 aromatic carbocycles. The normalized spacial score (nSPS) is 10.6. The maximum atomic E-state index is 11.7. The SMILES string of the molecule is Cc1ccc(NC(=O)N/N=C/c2ccc(O)c([N+](=O)[O-])c2)cc1C. The molecule has 0 saturated heterocycles. The molecule has 3 N–H and O–H groups in total. The number of rotatable bonds is 4. The molecule has 124 valence electrons. The predicted octanol–water partition coefficient (Wildman–Crippen LogP) is 3.07. The number of hydrazone groups is 1. The number of nitrogens with zero attached hydrogens (tertiary/aromatic N) is 2. The van der Waals surface area contributed by atoms with E-state index in [9.17, 15) is 20.0 Å². The van der Waals surface area contributed by atoms with Crippen LogP contribution in [0.15, 0.2) is 41.5 Å². The fraction of sp³-hybridized carbons (Fsp3) is 0.125. The Hall–Kier alpha value is -3.42. The highest BCUT2D eigenvalue weighted by molar-refractivity contribution is 5.90. The summed E-state index contributed by atoms with van der Waals surface area (Å²) >= 11 is 0. The van der Waals surface area contributed by atoms with Gasteiger partial charge in [0.15, 0.2) is 5.75 Å². The van der Waals surface area contributed by atoms with E-state index in [1.807, 2.05) is 26.0 Å². The zero-order valence-corrected chi connectivity index (χ0v) is 13.1. The number of urea groups is 1. The second-order valence-corrected chi connectivity index (χ2v) is 5.13. The zero-order chi connectivity index (χ0) is 17.7. The van der Waals surface area contributed by atoms with Crippen LogP contribution in [-0.4, -0.2) is 22.3 Å². The molecule has 0 radical (unpaired) electrons. The summed E-state index contributed by atoms with van der Waals surface area (Å²) in [6.07, 6.45) is 1.24. The molecule has 24 heavy (non-hydrogen) atoms. The summed E-state index contributed by atoms with van der Waals surface area (Å²) in [5.41, 5.74) is 5.00. The first kappa shape index (κ1) is 16.9. The van der Waals surface area contributed by atoms with Crippen LogP contribution in [0.3, 0.4) is 0 Å². The van der Waals surface area contributed by atoms with Gasteiger partial charge in [-0.25, -0.2) is 10.2 Å². The number of nitro groups is 1. The lowest BCUT2D eigenvalue weighted by Gasteiger charge is -2.06. The third-order valence-electron chi connectivity index (χ3n) is 3.34. The smallest absolute Gasteiger partial charge is 0.339 e. The summed E-state index contributed by atoms with van der Waals surface area (Å²) in [6, 6.07) is 8.74. The van der Waals surface area contributed by atoms with Crippen molar-refractivity contribution in [2.75, 3.05) is 5.32 Å². The number of hydrogen-bond acceptors (Lipinski definition) is 5. The average molecular weight is 328 g/mol. The molecular weight excluding hydrogens is 312 g/mol. The Balaban J connectivity index is 1.98. The standard InChI is InChI=1S/C16H16N4O4/c1-10-3-5-13(7-11(10)2)18-16(22)19-17-9-12-4-6-15(21)14(8-12)20(23)24/h3-9,21H,1-2H3,(H2,18,19,22)/b17-9+. The van der Waals surface area contributed by atoms with Crippen molar-refractivity contribution in [3.8, 4) is 5.75 Å². The van der Waals surface area contributed by atoms with Crippen LogP contribution in [0.5, 0.6) is 5.75 Å². The van der Waals surface area contributed by atoms with Gasteiger partial charge >= 0.3 is 11.7 Å². The van der Waals surface area contributed by atoms with Gasteiger partial charge < -0.3 is 10.4 Å². The lowest BCUT2D eigenvalue weighted by atomic mass is 10.1. The highest BCUT2D eigenvalue weighted by Gasteiger charge is 2.12. The molecule has 0 spiro atoms. The fourth-order valence-electron chi connectivity index (χ4n) is 1.91. The first-order valence-corrected chi connectivity index (χ1v) is 7.01. The molecule has 0 heterocycles. The maximum Gasteiger partial charge on any atom is 0.339 e. The Morgan fingerprint density at radius 2 is 1.96 bits per heavy atom. The van der Waals surface area contributed by atoms with Gasteiger partial charge in [0.05, 0.1) is 11.1 Å². The van der Waals surface area contributed by atoms with Crippen LogP contribution in [0, 0.1) is 24.0 Å². The van der Waals surface area contributed by atoms with Gasteiger partial charge in [-0.3, -0.25) is 10.1 Å².